The lowest BCUT2D eigenvalue weighted by Crippen LogP contribution is -1.92. The van der Waals surface area contributed by atoms with Crippen molar-refractivity contribution >= 4 is 0 Å². The van der Waals surface area contributed by atoms with E-state index < -0.39 is 0 Å². The minimum atomic E-state index is 0.302. The zero-order valence-corrected chi connectivity index (χ0v) is 16.0. The smallest absolute Gasteiger partial charge is 0.127 e. The van der Waals surface area contributed by atoms with Crippen LogP contribution in [-0.4, -0.2) is 10.2 Å². The predicted molar refractivity (Wildman–Crippen MR) is 115 cm³/mol. The Morgan fingerprint density at radius 2 is 0.966 bits per heavy atom. The monoisotopic (exact) mass is 382 g/mol. The van der Waals surface area contributed by atoms with Crippen LogP contribution in [0.5, 0.6) is 23.0 Å². The van der Waals surface area contributed by atoms with E-state index >= 15 is 0 Å². The molecule has 0 saturated heterocycles. The van der Waals surface area contributed by atoms with Crippen LogP contribution in [0.25, 0.3) is 0 Å². The van der Waals surface area contributed by atoms with E-state index in [9.17, 15) is 10.2 Å². The molecule has 0 unspecified atom stereocenters. The molecule has 2 N–H and O–H groups in total. The first-order valence-electron chi connectivity index (χ1n) is 9.57. The Bertz CT molecular complexity index is 1030. The lowest BCUT2D eigenvalue weighted by atomic mass is 10.0. The summed E-state index contributed by atoms with van der Waals surface area (Å²) in [6.07, 6.45) is 1.27. The highest BCUT2D eigenvalue weighted by Gasteiger charge is 2.06. The molecule has 29 heavy (non-hydrogen) atoms. The Morgan fingerprint density at radius 3 is 1.41 bits per heavy atom. The third-order valence-corrected chi connectivity index (χ3v) is 4.80. The average molecular weight is 382 g/mol. The average Bonchev–Trinajstić information content (AvgIpc) is 2.72. The number of rotatable bonds is 6. The van der Waals surface area contributed by atoms with Crippen LogP contribution in [-0.2, 0) is 12.8 Å². The lowest BCUT2D eigenvalue weighted by Gasteiger charge is -2.10. The molecule has 4 aromatic rings. The zero-order chi connectivity index (χ0) is 20.1. The van der Waals surface area contributed by atoms with Gasteiger partial charge in [0.15, 0.2) is 0 Å². The number of para-hydroxylation sites is 2. The Morgan fingerprint density at radius 1 is 0.517 bits per heavy atom. The number of aromatic hydroxyl groups is 2. The molecule has 0 aliphatic rings. The van der Waals surface area contributed by atoms with Crippen LogP contribution < -0.4 is 4.74 Å². The number of phenols is 2. The summed E-state index contributed by atoms with van der Waals surface area (Å²) in [5, 5.41) is 20.0. The van der Waals surface area contributed by atoms with Gasteiger partial charge in [-0.25, -0.2) is 0 Å². The van der Waals surface area contributed by atoms with E-state index in [2.05, 4.69) is 0 Å². The quantitative estimate of drug-likeness (QED) is 0.425. The molecule has 0 aromatic heterocycles. The zero-order valence-electron chi connectivity index (χ0n) is 16.0. The highest BCUT2D eigenvalue weighted by molar-refractivity contribution is 5.42. The number of phenolic OH excluding ortho intramolecular Hbond substituents is 2. The maximum atomic E-state index is 10.00. The summed E-state index contributed by atoms with van der Waals surface area (Å²) in [5.74, 6) is 2.10. The number of hydrogen-bond acceptors (Lipinski definition) is 3. The van der Waals surface area contributed by atoms with E-state index in [-0.39, 0.29) is 0 Å². The highest BCUT2D eigenvalue weighted by Crippen LogP contribution is 2.27. The Kier molecular flexibility index (Phi) is 5.48. The fourth-order valence-corrected chi connectivity index (χ4v) is 3.33. The Hall–Kier alpha value is -3.72. The SMILES string of the molecule is Oc1ccccc1Cc1cccc(Oc2cccc(Cc3ccccc3O)c2)c1. The standard InChI is InChI=1S/C26H22O3/c27-25-13-3-1-9-21(25)15-19-7-5-11-23(17-19)29-24-12-6-8-20(18-24)16-22-10-2-4-14-26(22)28/h1-14,17-18,27-28H,15-16H2. The van der Waals surface area contributed by atoms with Gasteiger partial charge in [-0.2, -0.15) is 0 Å². The second kappa shape index (κ2) is 8.53. The van der Waals surface area contributed by atoms with Crippen molar-refractivity contribution in [3.63, 3.8) is 0 Å². The summed E-state index contributed by atoms with van der Waals surface area (Å²) in [7, 11) is 0. The Labute approximate surface area is 170 Å². The van der Waals surface area contributed by atoms with Crippen molar-refractivity contribution in [3.8, 4) is 23.0 Å². The lowest BCUT2D eigenvalue weighted by molar-refractivity contribution is 0.469. The van der Waals surface area contributed by atoms with Crippen molar-refractivity contribution in [2.75, 3.05) is 0 Å². The van der Waals surface area contributed by atoms with E-state index in [0.717, 1.165) is 33.8 Å². The van der Waals surface area contributed by atoms with Gasteiger partial charge in [0.1, 0.15) is 23.0 Å². The molecule has 0 aliphatic carbocycles. The minimum absolute atomic E-state index is 0.302. The van der Waals surface area contributed by atoms with Crippen LogP contribution in [0.3, 0.4) is 0 Å². The summed E-state index contributed by atoms with van der Waals surface area (Å²) in [6.45, 7) is 0. The Balaban J connectivity index is 1.50. The molecule has 0 saturated carbocycles. The number of ether oxygens (including phenoxy) is 1. The van der Waals surface area contributed by atoms with Crippen molar-refractivity contribution in [1.29, 1.82) is 0 Å². The van der Waals surface area contributed by atoms with Crippen LogP contribution >= 0.6 is 0 Å². The van der Waals surface area contributed by atoms with Crippen molar-refractivity contribution in [1.82, 2.24) is 0 Å². The van der Waals surface area contributed by atoms with E-state index in [1.54, 1.807) is 12.1 Å². The van der Waals surface area contributed by atoms with E-state index in [1.807, 2.05) is 84.9 Å². The molecule has 0 fully saturated rings. The van der Waals surface area contributed by atoms with Crippen LogP contribution in [0.2, 0.25) is 0 Å². The van der Waals surface area contributed by atoms with Gasteiger partial charge in [0.05, 0.1) is 0 Å². The number of benzene rings is 4. The van der Waals surface area contributed by atoms with Crippen molar-refractivity contribution in [2.45, 2.75) is 12.8 Å². The highest BCUT2D eigenvalue weighted by atomic mass is 16.5. The molecule has 4 rings (SSSR count). The normalized spacial score (nSPS) is 10.6. The first kappa shape index (κ1) is 18.6. The molecule has 3 heteroatoms. The summed E-state index contributed by atoms with van der Waals surface area (Å²) in [6, 6.07) is 30.5. The summed E-state index contributed by atoms with van der Waals surface area (Å²) < 4.78 is 6.07. The molecule has 144 valence electrons. The molecule has 0 heterocycles. The maximum Gasteiger partial charge on any atom is 0.127 e. The first-order valence-corrected chi connectivity index (χ1v) is 9.57. The molecular weight excluding hydrogens is 360 g/mol. The molecule has 0 amide bonds. The van der Waals surface area contributed by atoms with E-state index in [4.69, 9.17) is 4.74 Å². The molecular formula is C26H22O3. The van der Waals surface area contributed by atoms with Gasteiger partial charge in [-0.15, -0.1) is 0 Å². The first-order chi connectivity index (χ1) is 14.2. The second-order valence-electron chi connectivity index (χ2n) is 7.01. The van der Waals surface area contributed by atoms with Gasteiger partial charge < -0.3 is 14.9 Å². The molecule has 3 nitrogen and oxygen atoms in total. The van der Waals surface area contributed by atoms with E-state index in [0.29, 0.717) is 24.3 Å². The van der Waals surface area contributed by atoms with Gasteiger partial charge in [0.25, 0.3) is 0 Å². The van der Waals surface area contributed by atoms with Gasteiger partial charge in [-0.05, 0) is 58.7 Å². The third-order valence-electron chi connectivity index (χ3n) is 4.80. The molecule has 0 bridgehead atoms. The van der Waals surface area contributed by atoms with Gasteiger partial charge >= 0.3 is 0 Å². The van der Waals surface area contributed by atoms with Crippen LogP contribution in [0.15, 0.2) is 97.1 Å². The third kappa shape index (κ3) is 4.77. The van der Waals surface area contributed by atoms with Crippen LogP contribution in [0.4, 0.5) is 0 Å². The van der Waals surface area contributed by atoms with E-state index in [1.165, 1.54) is 0 Å². The van der Waals surface area contributed by atoms with Crippen molar-refractivity contribution < 1.29 is 14.9 Å². The van der Waals surface area contributed by atoms with Gasteiger partial charge in [-0.1, -0.05) is 60.7 Å². The number of hydrogen-bond donors (Lipinski definition) is 2. The van der Waals surface area contributed by atoms with Gasteiger partial charge in [-0.3, -0.25) is 0 Å². The molecule has 0 aliphatic heterocycles. The second-order valence-corrected chi connectivity index (χ2v) is 7.01. The fourth-order valence-electron chi connectivity index (χ4n) is 3.33. The van der Waals surface area contributed by atoms with Crippen molar-refractivity contribution in [2.24, 2.45) is 0 Å². The molecule has 4 aromatic carbocycles. The molecule has 0 spiro atoms. The summed E-state index contributed by atoms with van der Waals surface area (Å²) in [5.41, 5.74) is 3.90. The summed E-state index contributed by atoms with van der Waals surface area (Å²) in [4.78, 5) is 0. The van der Waals surface area contributed by atoms with Gasteiger partial charge in [0.2, 0.25) is 0 Å². The summed E-state index contributed by atoms with van der Waals surface area (Å²) >= 11 is 0. The maximum absolute atomic E-state index is 10.00. The van der Waals surface area contributed by atoms with Gasteiger partial charge in [0, 0.05) is 12.8 Å². The predicted octanol–water partition coefficient (Wildman–Crippen LogP) is 6.07. The fraction of sp³-hybridized carbons (Fsp3) is 0.0769. The van der Waals surface area contributed by atoms with Crippen LogP contribution in [0.1, 0.15) is 22.3 Å². The molecule has 0 radical (unpaired) electrons. The molecule has 0 atom stereocenters. The minimum Gasteiger partial charge on any atom is -0.508 e. The van der Waals surface area contributed by atoms with Crippen LogP contribution in [0, 0.1) is 0 Å². The topological polar surface area (TPSA) is 49.7 Å². The largest absolute Gasteiger partial charge is 0.508 e. The van der Waals surface area contributed by atoms with Crippen molar-refractivity contribution in [3.05, 3.63) is 119 Å².